The van der Waals surface area contributed by atoms with Crippen molar-refractivity contribution in [2.75, 3.05) is 0 Å². The molecule has 25 heavy (non-hydrogen) atoms. The van der Waals surface area contributed by atoms with Gasteiger partial charge in [-0.2, -0.15) is 0 Å². The highest BCUT2D eigenvalue weighted by Gasteiger charge is 2.36. The lowest BCUT2D eigenvalue weighted by molar-refractivity contribution is -0.139. The fraction of sp³-hybridized carbons (Fsp3) is 0.533. The van der Waals surface area contributed by atoms with Crippen LogP contribution in [0.1, 0.15) is 36.1 Å². The molecule has 1 aliphatic heterocycles. The summed E-state index contributed by atoms with van der Waals surface area (Å²) in [7, 11) is -1.22. The van der Waals surface area contributed by atoms with E-state index in [2.05, 4.69) is 10.3 Å². The normalized spacial score (nSPS) is 20.4. The van der Waals surface area contributed by atoms with Gasteiger partial charge in [0.05, 0.1) is 30.6 Å². The maximum atomic E-state index is 12.2. The van der Waals surface area contributed by atoms with Gasteiger partial charge in [-0.15, -0.1) is 0 Å². The molecule has 2 rings (SSSR count). The van der Waals surface area contributed by atoms with Crippen LogP contribution in [0.4, 0.5) is 0 Å². The summed E-state index contributed by atoms with van der Waals surface area (Å²) in [5.74, 6) is -1.83. The number of aliphatic carboxylic acids is 1. The summed E-state index contributed by atoms with van der Waals surface area (Å²) in [6.07, 6.45) is 1.87. The predicted octanol–water partition coefficient (Wildman–Crippen LogP) is -1.30. The molecule has 136 valence electrons. The van der Waals surface area contributed by atoms with Crippen LogP contribution in [0.25, 0.3) is 0 Å². The van der Waals surface area contributed by atoms with E-state index in [9.17, 15) is 14.6 Å². The van der Waals surface area contributed by atoms with Crippen molar-refractivity contribution in [1.82, 2.24) is 10.3 Å². The second-order valence-corrected chi connectivity index (χ2v) is 6.03. The van der Waals surface area contributed by atoms with Crippen LogP contribution in [0.5, 0.6) is 0 Å². The third-order valence-corrected chi connectivity index (χ3v) is 4.12. The third-order valence-electron chi connectivity index (χ3n) is 4.12. The summed E-state index contributed by atoms with van der Waals surface area (Å²) in [5.41, 5.74) is 13.4. The minimum absolute atomic E-state index is 0.0899. The van der Waals surface area contributed by atoms with E-state index in [0.717, 1.165) is 5.56 Å². The maximum Gasteiger partial charge on any atom is 0.478 e. The highest BCUT2D eigenvalue weighted by Crippen LogP contribution is 2.19. The number of hydrogen-bond donors (Lipinski definition) is 5. The molecule has 0 bridgehead atoms. The summed E-state index contributed by atoms with van der Waals surface area (Å²) in [5, 5.41) is 21.4. The number of amides is 1. The SMILES string of the molecule is NCc1cc(CC(=O)N[C@H]2CC[C@@H](CC(=O)O)OB2O)cnc1CN. The molecule has 0 saturated carbocycles. The molecule has 1 aromatic rings. The number of carbonyl (C=O) groups excluding carboxylic acids is 1. The Balaban J connectivity index is 1.89. The molecule has 1 aromatic heterocycles. The van der Waals surface area contributed by atoms with E-state index >= 15 is 0 Å². The van der Waals surface area contributed by atoms with Gasteiger partial charge in [0.1, 0.15) is 0 Å². The molecule has 2 atom stereocenters. The first-order chi connectivity index (χ1) is 11.9. The zero-order chi connectivity index (χ0) is 18.4. The van der Waals surface area contributed by atoms with Crippen molar-refractivity contribution in [3.05, 3.63) is 29.1 Å². The molecule has 0 aromatic carbocycles. The van der Waals surface area contributed by atoms with Crippen molar-refractivity contribution in [3.63, 3.8) is 0 Å². The van der Waals surface area contributed by atoms with Crippen molar-refractivity contribution >= 4 is 19.0 Å². The minimum Gasteiger partial charge on any atom is -0.481 e. The summed E-state index contributed by atoms with van der Waals surface area (Å²) in [6.45, 7) is 0.567. The number of nitrogens with one attached hydrogen (secondary N) is 1. The predicted molar refractivity (Wildman–Crippen MR) is 90.0 cm³/mol. The van der Waals surface area contributed by atoms with Crippen LogP contribution < -0.4 is 16.8 Å². The van der Waals surface area contributed by atoms with Gasteiger partial charge in [-0.25, -0.2) is 0 Å². The zero-order valence-corrected chi connectivity index (χ0v) is 13.9. The van der Waals surface area contributed by atoms with Gasteiger partial charge in [0.15, 0.2) is 0 Å². The number of pyridine rings is 1. The number of rotatable bonds is 7. The molecule has 0 spiro atoms. The van der Waals surface area contributed by atoms with Gasteiger partial charge in [0, 0.05) is 19.3 Å². The molecule has 10 heteroatoms. The number of nitrogens with two attached hydrogens (primary N) is 2. The molecule has 1 saturated heterocycles. The molecule has 0 radical (unpaired) electrons. The number of carboxylic acid groups (broad SMARTS) is 1. The number of aromatic nitrogens is 1. The molecule has 0 aliphatic carbocycles. The van der Waals surface area contributed by atoms with E-state index in [1.165, 1.54) is 0 Å². The van der Waals surface area contributed by atoms with Crippen molar-refractivity contribution in [1.29, 1.82) is 0 Å². The standard InChI is InChI=1S/C15H23BN4O5/c17-6-10-3-9(8-19-12(10)7-18)4-14(21)20-13-2-1-11(5-15(22)23)25-16(13)24/h3,8,11,13,24H,1-2,4-7,17-18H2,(H,20,21)(H,22,23)/t11-,13-/m0/s1. The Morgan fingerprint density at radius 1 is 1.36 bits per heavy atom. The minimum atomic E-state index is -1.22. The van der Waals surface area contributed by atoms with E-state index in [1.54, 1.807) is 12.3 Å². The van der Waals surface area contributed by atoms with Crippen LogP contribution in [0.2, 0.25) is 0 Å². The van der Waals surface area contributed by atoms with E-state index in [-0.39, 0.29) is 31.8 Å². The van der Waals surface area contributed by atoms with Crippen LogP contribution in [0.3, 0.4) is 0 Å². The van der Waals surface area contributed by atoms with E-state index in [1.807, 2.05) is 0 Å². The summed E-state index contributed by atoms with van der Waals surface area (Å²) >= 11 is 0. The Labute approximate surface area is 145 Å². The molecule has 2 heterocycles. The van der Waals surface area contributed by atoms with Crippen LogP contribution in [-0.2, 0) is 33.8 Å². The molecule has 9 nitrogen and oxygen atoms in total. The van der Waals surface area contributed by atoms with Crippen LogP contribution in [-0.4, -0.2) is 46.2 Å². The molecular formula is C15H23BN4O5. The second kappa shape index (κ2) is 8.91. The number of carboxylic acids is 1. The van der Waals surface area contributed by atoms with E-state index < -0.39 is 25.1 Å². The fourth-order valence-corrected chi connectivity index (χ4v) is 2.85. The Morgan fingerprint density at radius 3 is 2.72 bits per heavy atom. The van der Waals surface area contributed by atoms with Gasteiger partial charge < -0.3 is 31.6 Å². The Bertz CT molecular complexity index is 630. The molecule has 1 fully saturated rings. The first-order valence-corrected chi connectivity index (χ1v) is 8.14. The van der Waals surface area contributed by atoms with Crippen LogP contribution in [0.15, 0.2) is 12.3 Å². The van der Waals surface area contributed by atoms with E-state index in [0.29, 0.717) is 24.1 Å². The highest BCUT2D eigenvalue weighted by molar-refractivity contribution is 6.45. The molecule has 0 unspecified atom stereocenters. The van der Waals surface area contributed by atoms with Crippen LogP contribution in [0, 0.1) is 0 Å². The van der Waals surface area contributed by atoms with Crippen molar-refractivity contribution in [2.45, 2.75) is 50.8 Å². The van der Waals surface area contributed by atoms with E-state index in [4.69, 9.17) is 21.2 Å². The third kappa shape index (κ3) is 5.50. The second-order valence-electron chi connectivity index (χ2n) is 6.03. The molecule has 1 amide bonds. The van der Waals surface area contributed by atoms with Gasteiger partial charge >= 0.3 is 13.1 Å². The van der Waals surface area contributed by atoms with Crippen LogP contribution >= 0.6 is 0 Å². The molecular weight excluding hydrogens is 327 g/mol. The highest BCUT2D eigenvalue weighted by atomic mass is 16.5. The monoisotopic (exact) mass is 350 g/mol. The quantitative estimate of drug-likeness (QED) is 0.379. The lowest BCUT2D eigenvalue weighted by Crippen LogP contribution is -2.53. The molecule has 1 aliphatic rings. The number of carbonyl (C=O) groups is 2. The first kappa shape index (κ1) is 19.3. The van der Waals surface area contributed by atoms with Crippen molar-refractivity contribution < 1.29 is 24.4 Å². The Hall–Kier alpha value is -2.01. The molecule has 7 N–H and O–H groups in total. The average molecular weight is 350 g/mol. The largest absolute Gasteiger partial charge is 0.481 e. The Kier molecular flexibility index (Phi) is 6.88. The topological polar surface area (TPSA) is 161 Å². The van der Waals surface area contributed by atoms with Gasteiger partial charge in [-0.3, -0.25) is 14.6 Å². The van der Waals surface area contributed by atoms with Crippen molar-refractivity contribution in [2.24, 2.45) is 11.5 Å². The smallest absolute Gasteiger partial charge is 0.478 e. The number of hydrogen-bond acceptors (Lipinski definition) is 7. The van der Waals surface area contributed by atoms with Crippen molar-refractivity contribution in [3.8, 4) is 0 Å². The van der Waals surface area contributed by atoms with Gasteiger partial charge in [-0.1, -0.05) is 6.07 Å². The van der Waals surface area contributed by atoms with Gasteiger partial charge in [0.2, 0.25) is 5.91 Å². The summed E-state index contributed by atoms with van der Waals surface area (Å²) in [6, 6.07) is 1.80. The lowest BCUT2D eigenvalue weighted by atomic mass is 9.72. The zero-order valence-electron chi connectivity index (χ0n) is 13.9. The Morgan fingerprint density at radius 2 is 2.12 bits per heavy atom. The average Bonchev–Trinajstić information content (AvgIpc) is 2.56. The number of nitrogens with zero attached hydrogens (tertiary/aromatic N) is 1. The lowest BCUT2D eigenvalue weighted by Gasteiger charge is -2.30. The maximum absolute atomic E-state index is 12.2. The fourth-order valence-electron chi connectivity index (χ4n) is 2.85. The summed E-state index contributed by atoms with van der Waals surface area (Å²) in [4.78, 5) is 27.1. The first-order valence-electron chi connectivity index (χ1n) is 8.14. The summed E-state index contributed by atoms with van der Waals surface area (Å²) < 4.78 is 5.24. The van der Waals surface area contributed by atoms with Gasteiger partial charge in [0.25, 0.3) is 0 Å². The van der Waals surface area contributed by atoms with Gasteiger partial charge in [-0.05, 0) is 24.0 Å².